The Labute approximate surface area is 191 Å². The molecular weight excluding hydrogens is 422 g/mol. The van der Waals surface area contributed by atoms with Crippen LogP contribution in [0.15, 0.2) is 77.9 Å². The standard InChI is InChI=1S/C25H23N3O5/c1-16-4-6-19(7-5-16)25(31)33-22-12-8-18(9-13-22)17(2)27-28-24(30)23(29)26-20-10-14-21(32-3)15-11-20/h4-15H,1-3H3,(H,26,29)(H,28,30)/b27-17+. The van der Waals surface area contributed by atoms with Crippen LogP contribution in [0.2, 0.25) is 0 Å². The average Bonchev–Trinajstić information content (AvgIpc) is 2.83. The van der Waals surface area contributed by atoms with Crippen LogP contribution < -0.4 is 20.2 Å². The van der Waals surface area contributed by atoms with E-state index in [1.165, 1.54) is 7.11 Å². The molecule has 2 amide bonds. The number of nitrogens with zero attached hydrogens (tertiary/aromatic N) is 1. The van der Waals surface area contributed by atoms with Crippen molar-refractivity contribution in [2.24, 2.45) is 5.10 Å². The van der Waals surface area contributed by atoms with Gasteiger partial charge in [-0.1, -0.05) is 17.7 Å². The Kier molecular flexibility index (Phi) is 7.54. The summed E-state index contributed by atoms with van der Waals surface area (Å²) in [5.41, 5.74) is 5.33. The lowest BCUT2D eigenvalue weighted by Crippen LogP contribution is -2.32. The summed E-state index contributed by atoms with van der Waals surface area (Å²) in [5.74, 6) is -1.21. The molecule has 2 N–H and O–H groups in total. The number of carbonyl (C=O) groups is 3. The molecule has 0 aromatic heterocycles. The van der Waals surface area contributed by atoms with Crippen molar-refractivity contribution in [1.29, 1.82) is 0 Å². The van der Waals surface area contributed by atoms with Crippen molar-refractivity contribution in [3.63, 3.8) is 0 Å². The molecule has 0 saturated carbocycles. The number of nitrogens with one attached hydrogen (secondary N) is 2. The molecule has 0 unspecified atom stereocenters. The predicted octanol–water partition coefficient (Wildman–Crippen LogP) is 3.70. The number of carbonyl (C=O) groups excluding carboxylic acids is 3. The number of anilines is 1. The maximum Gasteiger partial charge on any atom is 0.343 e. The van der Waals surface area contributed by atoms with Gasteiger partial charge in [0.05, 0.1) is 18.4 Å². The Morgan fingerprint density at radius 2 is 1.33 bits per heavy atom. The van der Waals surface area contributed by atoms with Crippen LogP contribution in [0.5, 0.6) is 11.5 Å². The molecule has 0 aliphatic rings. The van der Waals surface area contributed by atoms with Gasteiger partial charge in [-0.2, -0.15) is 5.10 Å². The van der Waals surface area contributed by atoms with Gasteiger partial charge < -0.3 is 14.8 Å². The third-order valence-corrected chi connectivity index (χ3v) is 4.65. The van der Waals surface area contributed by atoms with E-state index in [0.29, 0.717) is 34.0 Å². The zero-order valence-corrected chi connectivity index (χ0v) is 18.4. The average molecular weight is 445 g/mol. The monoisotopic (exact) mass is 445 g/mol. The SMILES string of the molecule is COc1ccc(NC(=O)C(=O)N/N=C(\C)c2ccc(OC(=O)c3ccc(C)cc3)cc2)cc1. The molecular formula is C25H23N3O5. The van der Waals surface area contributed by atoms with Crippen LogP contribution in [0.25, 0.3) is 0 Å². The highest BCUT2D eigenvalue weighted by Gasteiger charge is 2.14. The number of esters is 1. The van der Waals surface area contributed by atoms with Crippen LogP contribution >= 0.6 is 0 Å². The van der Waals surface area contributed by atoms with Gasteiger partial charge in [0.1, 0.15) is 11.5 Å². The molecule has 33 heavy (non-hydrogen) atoms. The van der Waals surface area contributed by atoms with Gasteiger partial charge in [-0.05, 0) is 80.1 Å². The van der Waals surface area contributed by atoms with Gasteiger partial charge in [0, 0.05) is 5.69 Å². The van der Waals surface area contributed by atoms with E-state index < -0.39 is 17.8 Å². The van der Waals surface area contributed by atoms with Crippen molar-refractivity contribution in [3.05, 3.63) is 89.5 Å². The first-order chi connectivity index (χ1) is 15.9. The zero-order chi connectivity index (χ0) is 23.8. The summed E-state index contributed by atoms with van der Waals surface area (Å²) >= 11 is 0. The van der Waals surface area contributed by atoms with Crippen LogP contribution in [-0.4, -0.2) is 30.6 Å². The second kappa shape index (κ2) is 10.7. The van der Waals surface area contributed by atoms with Crippen LogP contribution in [0.1, 0.15) is 28.4 Å². The number of methoxy groups -OCH3 is 1. The number of aryl methyl sites for hydroxylation is 1. The van der Waals surface area contributed by atoms with E-state index >= 15 is 0 Å². The Bertz CT molecular complexity index is 1170. The van der Waals surface area contributed by atoms with E-state index in [4.69, 9.17) is 9.47 Å². The molecule has 0 aliphatic carbocycles. The number of ether oxygens (including phenoxy) is 2. The maximum absolute atomic E-state index is 12.2. The molecule has 0 fully saturated rings. The number of benzene rings is 3. The van der Waals surface area contributed by atoms with E-state index in [1.54, 1.807) is 67.6 Å². The van der Waals surface area contributed by atoms with Gasteiger partial charge >= 0.3 is 17.8 Å². The molecule has 0 heterocycles. The lowest BCUT2D eigenvalue weighted by Gasteiger charge is -2.07. The highest BCUT2D eigenvalue weighted by Crippen LogP contribution is 2.16. The molecule has 0 atom stereocenters. The Hall–Kier alpha value is -4.46. The zero-order valence-electron chi connectivity index (χ0n) is 18.4. The summed E-state index contributed by atoms with van der Waals surface area (Å²) in [6.45, 7) is 3.61. The Morgan fingerprint density at radius 1 is 0.758 bits per heavy atom. The summed E-state index contributed by atoms with van der Waals surface area (Å²) in [6, 6.07) is 20.3. The van der Waals surface area contributed by atoms with Crippen molar-refractivity contribution in [2.75, 3.05) is 12.4 Å². The molecule has 0 saturated heterocycles. The maximum atomic E-state index is 12.2. The Balaban J connectivity index is 1.55. The van der Waals surface area contributed by atoms with Gasteiger partial charge in [-0.3, -0.25) is 9.59 Å². The normalized spacial score (nSPS) is 10.8. The summed E-state index contributed by atoms with van der Waals surface area (Å²) in [6.07, 6.45) is 0. The first-order valence-corrected chi connectivity index (χ1v) is 10.0. The highest BCUT2D eigenvalue weighted by atomic mass is 16.5. The van der Waals surface area contributed by atoms with Crippen LogP contribution in [-0.2, 0) is 9.59 Å². The van der Waals surface area contributed by atoms with Crippen LogP contribution in [0.4, 0.5) is 5.69 Å². The van der Waals surface area contributed by atoms with Gasteiger partial charge in [-0.15, -0.1) is 0 Å². The fraction of sp³-hybridized carbons (Fsp3) is 0.120. The number of hydrogen-bond acceptors (Lipinski definition) is 6. The van der Waals surface area contributed by atoms with E-state index in [2.05, 4.69) is 15.8 Å². The van der Waals surface area contributed by atoms with Crippen molar-refractivity contribution < 1.29 is 23.9 Å². The first kappa shape index (κ1) is 23.2. The molecule has 3 rings (SSSR count). The van der Waals surface area contributed by atoms with E-state index in [9.17, 15) is 14.4 Å². The number of hydrazone groups is 1. The molecule has 0 radical (unpaired) electrons. The second-order valence-electron chi connectivity index (χ2n) is 7.10. The van der Waals surface area contributed by atoms with Crippen LogP contribution in [0, 0.1) is 6.92 Å². The van der Waals surface area contributed by atoms with Gasteiger partial charge in [-0.25, -0.2) is 10.2 Å². The van der Waals surface area contributed by atoms with Gasteiger partial charge in [0.25, 0.3) is 0 Å². The fourth-order valence-electron chi connectivity index (χ4n) is 2.73. The van der Waals surface area contributed by atoms with Gasteiger partial charge in [0.2, 0.25) is 0 Å². The lowest BCUT2D eigenvalue weighted by atomic mass is 10.1. The topological polar surface area (TPSA) is 106 Å². The lowest BCUT2D eigenvalue weighted by molar-refractivity contribution is -0.136. The molecule has 0 aliphatic heterocycles. The highest BCUT2D eigenvalue weighted by molar-refractivity contribution is 6.39. The summed E-state index contributed by atoms with van der Waals surface area (Å²) in [5, 5.41) is 6.43. The predicted molar refractivity (Wildman–Crippen MR) is 125 cm³/mol. The number of rotatable bonds is 6. The van der Waals surface area contributed by atoms with E-state index in [-0.39, 0.29) is 0 Å². The molecule has 0 spiro atoms. The fourth-order valence-corrected chi connectivity index (χ4v) is 2.73. The third kappa shape index (κ3) is 6.51. The minimum atomic E-state index is -0.909. The van der Waals surface area contributed by atoms with Crippen molar-refractivity contribution in [3.8, 4) is 11.5 Å². The second-order valence-corrected chi connectivity index (χ2v) is 7.10. The molecule has 3 aromatic rings. The van der Waals surface area contributed by atoms with Crippen molar-refractivity contribution >= 4 is 29.2 Å². The van der Waals surface area contributed by atoms with E-state index in [0.717, 1.165) is 5.56 Å². The van der Waals surface area contributed by atoms with Crippen LogP contribution in [0.3, 0.4) is 0 Å². The molecule has 8 heteroatoms. The molecule has 3 aromatic carbocycles. The summed E-state index contributed by atoms with van der Waals surface area (Å²) in [7, 11) is 1.53. The third-order valence-electron chi connectivity index (χ3n) is 4.65. The Morgan fingerprint density at radius 3 is 1.94 bits per heavy atom. The van der Waals surface area contributed by atoms with Crippen molar-refractivity contribution in [1.82, 2.24) is 5.43 Å². The van der Waals surface area contributed by atoms with Crippen molar-refractivity contribution in [2.45, 2.75) is 13.8 Å². The number of hydrogen-bond donors (Lipinski definition) is 2. The molecule has 168 valence electrons. The number of amides is 2. The minimum absolute atomic E-state index is 0.375. The van der Waals surface area contributed by atoms with E-state index in [1.807, 2.05) is 19.1 Å². The molecule has 0 bridgehead atoms. The largest absolute Gasteiger partial charge is 0.497 e. The summed E-state index contributed by atoms with van der Waals surface area (Å²) < 4.78 is 10.4. The summed E-state index contributed by atoms with van der Waals surface area (Å²) in [4.78, 5) is 36.3. The minimum Gasteiger partial charge on any atom is -0.497 e. The smallest absolute Gasteiger partial charge is 0.343 e. The quantitative estimate of drug-likeness (QED) is 0.198. The van der Waals surface area contributed by atoms with Gasteiger partial charge in [0.15, 0.2) is 0 Å². The first-order valence-electron chi connectivity index (χ1n) is 10.0. The molecule has 8 nitrogen and oxygen atoms in total.